The maximum absolute atomic E-state index is 5.95. The van der Waals surface area contributed by atoms with Crippen molar-refractivity contribution in [2.24, 2.45) is 5.92 Å². The molecule has 0 bridgehead atoms. The second kappa shape index (κ2) is 5.91. The Labute approximate surface area is 109 Å². The summed E-state index contributed by atoms with van der Waals surface area (Å²) in [5.41, 5.74) is 0. The minimum atomic E-state index is 0.429. The average molecular weight is 256 g/mol. The predicted octanol–water partition coefficient (Wildman–Crippen LogP) is 1.19. The van der Waals surface area contributed by atoms with Crippen LogP contribution in [0.2, 0.25) is 0 Å². The molecule has 0 saturated carbocycles. The molecule has 0 aliphatic carbocycles. The number of rotatable bonds is 4. The zero-order valence-electron chi connectivity index (χ0n) is 10.6. The van der Waals surface area contributed by atoms with E-state index >= 15 is 0 Å². The molecule has 3 fully saturated rings. The number of ether oxygens (including phenoxy) is 1. The predicted molar refractivity (Wildman–Crippen MR) is 72.6 cm³/mol. The fraction of sp³-hybridized carbons (Fsp3) is 1.00. The fourth-order valence-corrected chi connectivity index (χ4v) is 4.49. The van der Waals surface area contributed by atoms with Gasteiger partial charge < -0.3 is 10.1 Å². The quantitative estimate of drug-likeness (QED) is 0.817. The lowest BCUT2D eigenvalue weighted by atomic mass is 10.1. The first-order chi connectivity index (χ1) is 8.42. The van der Waals surface area contributed by atoms with E-state index in [2.05, 4.69) is 22.0 Å². The molecular formula is C13H24N2OS. The third-order valence-corrected chi connectivity index (χ3v) is 5.52. The van der Waals surface area contributed by atoms with Gasteiger partial charge in [0.2, 0.25) is 0 Å². The number of hydrogen-bond acceptors (Lipinski definition) is 4. The van der Waals surface area contributed by atoms with Gasteiger partial charge in [-0.15, -0.1) is 0 Å². The SMILES string of the molecule is C1CC2COC(CNCC3CCSC3)CN2C1. The van der Waals surface area contributed by atoms with Crippen LogP contribution in [-0.4, -0.2) is 61.3 Å². The van der Waals surface area contributed by atoms with Gasteiger partial charge in [0.05, 0.1) is 12.7 Å². The number of nitrogens with one attached hydrogen (secondary N) is 1. The van der Waals surface area contributed by atoms with Crippen LogP contribution in [0.3, 0.4) is 0 Å². The summed E-state index contributed by atoms with van der Waals surface area (Å²) in [4.78, 5) is 2.63. The van der Waals surface area contributed by atoms with Crippen LogP contribution >= 0.6 is 11.8 Å². The summed E-state index contributed by atoms with van der Waals surface area (Å²) in [6.07, 6.45) is 4.54. The van der Waals surface area contributed by atoms with Gasteiger partial charge >= 0.3 is 0 Å². The van der Waals surface area contributed by atoms with E-state index in [1.165, 1.54) is 43.9 Å². The molecule has 3 saturated heterocycles. The van der Waals surface area contributed by atoms with Crippen molar-refractivity contribution in [1.29, 1.82) is 0 Å². The molecule has 0 spiro atoms. The van der Waals surface area contributed by atoms with Crippen LogP contribution in [0.5, 0.6) is 0 Å². The fourth-order valence-electron chi connectivity index (χ4n) is 3.20. The van der Waals surface area contributed by atoms with E-state index in [4.69, 9.17) is 4.74 Å². The highest BCUT2D eigenvalue weighted by Gasteiger charge is 2.31. The van der Waals surface area contributed by atoms with Gasteiger partial charge in [0.15, 0.2) is 0 Å². The molecule has 98 valence electrons. The molecule has 3 aliphatic heterocycles. The van der Waals surface area contributed by atoms with Crippen LogP contribution in [0.1, 0.15) is 19.3 Å². The summed E-state index contributed by atoms with van der Waals surface area (Å²) < 4.78 is 5.95. The molecule has 3 unspecified atom stereocenters. The number of morpholine rings is 1. The van der Waals surface area contributed by atoms with Gasteiger partial charge in [-0.2, -0.15) is 11.8 Å². The summed E-state index contributed by atoms with van der Waals surface area (Å²) >= 11 is 2.10. The molecule has 0 radical (unpaired) electrons. The molecule has 0 aromatic carbocycles. The van der Waals surface area contributed by atoms with Crippen LogP contribution in [0.4, 0.5) is 0 Å². The first-order valence-electron chi connectivity index (χ1n) is 7.06. The van der Waals surface area contributed by atoms with Crippen LogP contribution < -0.4 is 5.32 Å². The summed E-state index contributed by atoms with van der Waals surface area (Å²) in [6.45, 7) is 5.65. The largest absolute Gasteiger partial charge is 0.374 e. The van der Waals surface area contributed by atoms with Gasteiger partial charge in [-0.1, -0.05) is 0 Å². The molecule has 4 heteroatoms. The number of fused-ring (bicyclic) bond motifs is 1. The Morgan fingerprint density at radius 2 is 2.29 bits per heavy atom. The molecule has 0 aromatic rings. The summed E-state index contributed by atoms with van der Waals surface area (Å²) in [5.74, 6) is 3.62. The van der Waals surface area contributed by atoms with Gasteiger partial charge in [-0.3, -0.25) is 4.90 Å². The van der Waals surface area contributed by atoms with Crippen molar-refractivity contribution in [1.82, 2.24) is 10.2 Å². The van der Waals surface area contributed by atoms with E-state index in [9.17, 15) is 0 Å². The molecule has 3 heterocycles. The van der Waals surface area contributed by atoms with Crippen molar-refractivity contribution in [2.75, 3.05) is 44.3 Å². The second-order valence-corrected chi connectivity index (χ2v) is 6.78. The Hall–Kier alpha value is 0.230. The first-order valence-corrected chi connectivity index (χ1v) is 8.21. The summed E-state index contributed by atoms with van der Waals surface area (Å²) in [6, 6.07) is 0.734. The average Bonchev–Trinajstić information content (AvgIpc) is 2.98. The van der Waals surface area contributed by atoms with Gasteiger partial charge in [-0.05, 0) is 49.8 Å². The number of hydrogen-bond donors (Lipinski definition) is 1. The van der Waals surface area contributed by atoms with Gasteiger partial charge in [-0.25, -0.2) is 0 Å². The van der Waals surface area contributed by atoms with Crippen LogP contribution in [0, 0.1) is 5.92 Å². The third kappa shape index (κ3) is 3.16. The zero-order valence-corrected chi connectivity index (χ0v) is 11.4. The maximum Gasteiger partial charge on any atom is 0.0826 e. The molecule has 3 aliphatic rings. The minimum Gasteiger partial charge on any atom is -0.374 e. The Kier molecular flexibility index (Phi) is 4.27. The van der Waals surface area contributed by atoms with Crippen LogP contribution in [0.25, 0.3) is 0 Å². The van der Waals surface area contributed by atoms with E-state index in [-0.39, 0.29) is 0 Å². The second-order valence-electron chi connectivity index (χ2n) is 5.63. The van der Waals surface area contributed by atoms with E-state index in [1.807, 2.05) is 0 Å². The van der Waals surface area contributed by atoms with Crippen LogP contribution in [0.15, 0.2) is 0 Å². The third-order valence-electron chi connectivity index (χ3n) is 4.29. The van der Waals surface area contributed by atoms with E-state index in [0.29, 0.717) is 6.10 Å². The highest BCUT2D eigenvalue weighted by atomic mass is 32.2. The monoisotopic (exact) mass is 256 g/mol. The Morgan fingerprint density at radius 1 is 1.29 bits per heavy atom. The first kappa shape index (κ1) is 12.3. The van der Waals surface area contributed by atoms with Gasteiger partial charge in [0, 0.05) is 19.1 Å². The van der Waals surface area contributed by atoms with E-state index in [1.54, 1.807) is 0 Å². The van der Waals surface area contributed by atoms with Crippen molar-refractivity contribution in [3.05, 3.63) is 0 Å². The van der Waals surface area contributed by atoms with Crippen molar-refractivity contribution >= 4 is 11.8 Å². The van der Waals surface area contributed by atoms with Gasteiger partial charge in [0.1, 0.15) is 0 Å². The Morgan fingerprint density at radius 3 is 3.18 bits per heavy atom. The number of thioether (sulfide) groups is 1. The normalized spacial score (nSPS) is 38.5. The highest BCUT2D eigenvalue weighted by molar-refractivity contribution is 7.99. The Bertz CT molecular complexity index is 246. The van der Waals surface area contributed by atoms with Crippen molar-refractivity contribution in [3.63, 3.8) is 0 Å². The molecular weight excluding hydrogens is 232 g/mol. The maximum atomic E-state index is 5.95. The molecule has 3 atom stereocenters. The van der Waals surface area contributed by atoms with E-state index < -0.39 is 0 Å². The highest BCUT2D eigenvalue weighted by Crippen LogP contribution is 2.23. The minimum absolute atomic E-state index is 0.429. The standard InChI is InChI=1S/C13H24N2OS/c1-2-12-9-16-13(8-15(12)4-1)7-14-6-11-3-5-17-10-11/h11-14H,1-10H2. The van der Waals surface area contributed by atoms with Crippen molar-refractivity contribution in [2.45, 2.75) is 31.4 Å². The lowest BCUT2D eigenvalue weighted by Gasteiger charge is -2.35. The Balaban J connectivity index is 1.34. The van der Waals surface area contributed by atoms with Crippen LogP contribution in [-0.2, 0) is 4.74 Å². The summed E-state index contributed by atoms with van der Waals surface area (Å²) in [7, 11) is 0. The smallest absolute Gasteiger partial charge is 0.0826 e. The molecule has 17 heavy (non-hydrogen) atoms. The molecule has 0 aromatic heterocycles. The molecule has 3 rings (SSSR count). The molecule has 3 nitrogen and oxygen atoms in total. The summed E-state index contributed by atoms with van der Waals surface area (Å²) in [5, 5.41) is 3.61. The topological polar surface area (TPSA) is 24.5 Å². The van der Waals surface area contributed by atoms with Crippen molar-refractivity contribution < 1.29 is 4.74 Å². The lowest BCUT2D eigenvalue weighted by Crippen LogP contribution is -2.49. The molecule has 1 N–H and O–H groups in total. The lowest BCUT2D eigenvalue weighted by molar-refractivity contribution is -0.0470. The molecule has 0 amide bonds. The van der Waals surface area contributed by atoms with E-state index in [0.717, 1.165) is 31.7 Å². The number of nitrogens with zero attached hydrogens (tertiary/aromatic N) is 1. The van der Waals surface area contributed by atoms with Crippen molar-refractivity contribution in [3.8, 4) is 0 Å². The zero-order chi connectivity index (χ0) is 11.5. The van der Waals surface area contributed by atoms with Gasteiger partial charge in [0.25, 0.3) is 0 Å².